The Morgan fingerprint density at radius 2 is 2.11 bits per heavy atom. The SMILES string of the molecule is NC1C([N+](=O)[O-])=C(CCO)C=CC1(O)C(F)(F)F. The standard InChI is InChI=1S/C9H11F3N2O4/c10-9(11,12)8(16)3-1-5(2-4-15)6(7(8)13)14(17)18/h1,3,7,15-16H,2,4,13H2. The molecule has 0 aromatic heterocycles. The number of allylic oxidation sites excluding steroid dienone is 1. The second-order valence-corrected chi connectivity index (χ2v) is 3.78. The van der Waals surface area contributed by atoms with Crippen molar-refractivity contribution in [3.8, 4) is 0 Å². The van der Waals surface area contributed by atoms with E-state index in [1.165, 1.54) is 0 Å². The van der Waals surface area contributed by atoms with Gasteiger partial charge in [0.1, 0.15) is 6.04 Å². The number of nitrogens with zero attached hydrogens (tertiary/aromatic N) is 1. The van der Waals surface area contributed by atoms with Crippen LogP contribution in [0.1, 0.15) is 6.42 Å². The number of aliphatic hydroxyl groups is 2. The van der Waals surface area contributed by atoms with Crippen molar-refractivity contribution in [3.05, 3.63) is 33.5 Å². The van der Waals surface area contributed by atoms with E-state index in [0.717, 1.165) is 6.08 Å². The molecule has 0 spiro atoms. The van der Waals surface area contributed by atoms with Crippen LogP contribution >= 0.6 is 0 Å². The maximum Gasteiger partial charge on any atom is 0.423 e. The molecule has 0 aromatic rings. The summed E-state index contributed by atoms with van der Waals surface area (Å²) in [5.74, 6) is 0. The van der Waals surface area contributed by atoms with Gasteiger partial charge >= 0.3 is 6.18 Å². The second kappa shape index (κ2) is 4.67. The molecule has 1 aliphatic rings. The number of nitro groups is 1. The van der Waals surface area contributed by atoms with Crippen LogP contribution in [0.3, 0.4) is 0 Å². The van der Waals surface area contributed by atoms with Crippen LogP contribution in [0.15, 0.2) is 23.4 Å². The van der Waals surface area contributed by atoms with Crippen LogP contribution in [0.5, 0.6) is 0 Å². The minimum absolute atomic E-state index is 0.135. The number of halogens is 3. The highest BCUT2D eigenvalue weighted by atomic mass is 19.4. The van der Waals surface area contributed by atoms with Crippen LogP contribution in [-0.4, -0.2) is 39.6 Å². The zero-order valence-electron chi connectivity index (χ0n) is 9.02. The molecule has 6 nitrogen and oxygen atoms in total. The van der Waals surface area contributed by atoms with Gasteiger partial charge in [0.05, 0.1) is 4.92 Å². The van der Waals surface area contributed by atoms with Gasteiger partial charge < -0.3 is 15.9 Å². The molecule has 2 unspecified atom stereocenters. The zero-order valence-corrected chi connectivity index (χ0v) is 9.02. The number of alkyl halides is 3. The van der Waals surface area contributed by atoms with Gasteiger partial charge in [-0.05, 0) is 6.08 Å². The van der Waals surface area contributed by atoms with Gasteiger partial charge in [0.15, 0.2) is 0 Å². The average molecular weight is 268 g/mol. The van der Waals surface area contributed by atoms with Gasteiger partial charge in [-0.3, -0.25) is 10.1 Å². The van der Waals surface area contributed by atoms with Gasteiger partial charge in [0.25, 0.3) is 5.70 Å². The molecule has 0 saturated heterocycles. The maximum atomic E-state index is 12.6. The Kier molecular flexibility index (Phi) is 3.79. The molecule has 0 saturated carbocycles. The first kappa shape index (κ1) is 14.6. The first-order chi connectivity index (χ1) is 8.15. The highest BCUT2D eigenvalue weighted by Crippen LogP contribution is 2.39. The summed E-state index contributed by atoms with van der Waals surface area (Å²) in [4.78, 5) is 9.66. The van der Waals surface area contributed by atoms with Crippen LogP contribution in [0.4, 0.5) is 13.2 Å². The fourth-order valence-corrected chi connectivity index (χ4v) is 1.66. The van der Waals surface area contributed by atoms with Gasteiger partial charge in [-0.25, -0.2) is 0 Å². The molecular formula is C9H11F3N2O4. The molecule has 0 aliphatic heterocycles. The summed E-state index contributed by atoms with van der Waals surface area (Å²) in [6.45, 7) is -0.478. The summed E-state index contributed by atoms with van der Waals surface area (Å²) in [7, 11) is 0. The highest BCUT2D eigenvalue weighted by Gasteiger charge is 2.61. The minimum Gasteiger partial charge on any atom is -0.396 e. The minimum atomic E-state index is -5.13. The van der Waals surface area contributed by atoms with Crippen molar-refractivity contribution in [2.75, 3.05) is 6.61 Å². The number of hydrogen-bond acceptors (Lipinski definition) is 5. The van der Waals surface area contributed by atoms with Gasteiger partial charge in [-0.2, -0.15) is 13.2 Å². The monoisotopic (exact) mass is 268 g/mol. The molecule has 1 rings (SSSR count). The van der Waals surface area contributed by atoms with E-state index in [9.17, 15) is 28.4 Å². The van der Waals surface area contributed by atoms with Crippen LogP contribution in [0.25, 0.3) is 0 Å². The van der Waals surface area contributed by atoms with E-state index in [1.54, 1.807) is 0 Å². The molecule has 0 aromatic carbocycles. The summed E-state index contributed by atoms with van der Waals surface area (Å²) < 4.78 is 37.9. The van der Waals surface area contributed by atoms with Crippen LogP contribution in [-0.2, 0) is 0 Å². The van der Waals surface area contributed by atoms with E-state index in [1.807, 2.05) is 0 Å². The lowest BCUT2D eigenvalue weighted by Gasteiger charge is -2.34. The Bertz CT molecular complexity index is 419. The third-order valence-corrected chi connectivity index (χ3v) is 2.67. The third kappa shape index (κ3) is 2.24. The molecule has 18 heavy (non-hydrogen) atoms. The van der Waals surface area contributed by atoms with Crippen molar-refractivity contribution in [2.45, 2.75) is 24.2 Å². The van der Waals surface area contributed by atoms with E-state index in [2.05, 4.69) is 0 Å². The molecular weight excluding hydrogens is 257 g/mol. The van der Waals surface area contributed by atoms with Gasteiger partial charge in [-0.1, -0.05) is 6.08 Å². The third-order valence-electron chi connectivity index (χ3n) is 2.67. The van der Waals surface area contributed by atoms with E-state index in [-0.39, 0.29) is 12.0 Å². The summed E-state index contributed by atoms with van der Waals surface area (Å²) in [5, 5.41) is 28.9. The smallest absolute Gasteiger partial charge is 0.396 e. The summed E-state index contributed by atoms with van der Waals surface area (Å²) >= 11 is 0. The van der Waals surface area contributed by atoms with Gasteiger partial charge in [-0.15, -0.1) is 0 Å². The summed E-state index contributed by atoms with van der Waals surface area (Å²) in [5.41, 5.74) is 0.611. The van der Waals surface area contributed by atoms with E-state index in [0.29, 0.717) is 6.08 Å². The number of nitrogens with two attached hydrogens (primary N) is 1. The zero-order chi connectivity index (χ0) is 14.1. The van der Waals surface area contributed by atoms with Crippen molar-refractivity contribution in [1.82, 2.24) is 0 Å². The molecule has 9 heteroatoms. The van der Waals surface area contributed by atoms with Gasteiger partial charge in [0, 0.05) is 18.6 Å². The Labute approximate surface area is 99.4 Å². The first-order valence-corrected chi connectivity index (χ1v) is 4.87. The molecule has 0 bridgehead atoms. The summed E-state index contributed by atoms with van der Waals surface area (Å²) in [6.07, 6.45) is -4.20. The molecule has 0 heterocycles. The Morgan fingerprint density at radius 3 is 2.50 bits per heavy atom. The fourth-order valence-electron chi connectivity index (χ4n) is 1.66. The molecule has 102 valence electrons. The second-order valence-electron chi connectivity index (χ2n) is 3.78. The van der Waals surface area contributed by atoms with Gasteiger partial charge in [0.2, 0.25) is 5.60 Å². The number of hydrogen-bond donors (Lipinski definition) is 3. The molecule has 0 radical (unpaired) electrons. The molecule has 2 atom stereocenters. The van der Waals surface area contributed by atoms with Crippen LogP contribution < -0.4 is 5.73 Å². The van der Waals surface area contributed by atoms with Crippen LogP contribution in [0, 0.1) is 10.1 Å². The van der Waals surface area contributed by atoms with Crippen molar-refractivity contribution in [1.29, 1.82) is 0 Å². The lowest BCUT2D eigenvalue weighted by molar-refractivity contribution is -0.437. The van der Waals surface area contributed by atoms with E-state index in [4.69, 9.17) is 10.8 Å². The molecule has 1 aliphatic carbocycles. The quantitative estimate of drug-likeness (QED) is 0.496. The van der Waals surface area contributed by atoms with Crippen molar-refractivity contribution in [2.24, 2.45) is 5.73 Å². The Morgan fingerprint density at radius 1 is 1.56 bits per heavy atom. The van der Waals surface area contributed by atoms with E-state index < -0.39 is 35.0 Å². The predicted molar refractivity (Wildman–Crippen MR) is 53.8 cm³/mol. The predicted octanol–water partition coefficient (Wildman–Crippen LogP) is 0.0901. The molecule has 0 amide bonds. The normalized spacial score (nSPS) is 28.7. The van der Waals surface area contributed by atoms with Crippen molar-refractivity contribution in [3.63, 3.8) is 0 Å². The number of rotatable bonds is 3. The van der Waals surface area contributed by atoms with Crippen LogP contribution in [0.2, 0.25) is 0 Å². The largest absolute Gasteiger partial charge is 0.423 e. The first-order valence-electron chi connectivity index (χ1n) is 4.87. The topological polar surface area (TPSA) is 110 Å². The highest BCUT2D eigenvalue weighted by molar-refractivity contribution is 5.37. The Balaban J connectivity index is 3.29. The maximum absolute atomic E-state index is 12.6. The molecule has 4 N–H and O–H groups in total. The number of aliphatic hydroxyl groups excluding tert-OH is 1. The van der Waals surface area contributed by atoms with Crippen molar-refractivity contribution < 1.29 is 28.3 Å². The van der Waals surface area contributed by atoms with E-state index >= 15 is 0 Å². The fraction of sp³-hybridized carbons (Fsp3) is 0.556. The Hall–Kier alpha value is -1.45. The van der Waals surface area contributed by atoms with Crippen molar-refractivity contribution >= 4 is 0 Å². The molecule has 0 fully saturated rings. The lowest BCUT2D eigenvalue weighted by atomic mass is 9.84. The average Bonchev–Trinajstić information content (AvgIpc) is 2.22. The lowest BCUT2D eigenvalue weighted by Crippen LogP contribution is -2.59. The summed E-state index contributed by atoms with van der Waals surface area (Å²) in [6, 6.07) is -2.24.